The van der Waals surface area contributed by atoms with Crippen LogP contribution in [0.3, 0.4) is 0 Å². The molecular formula is C29H41NO5. The molecule has 4 rings (SSSR count). The molecule has 0 bridgehead atoms. The predicted molar refractivity (Wildman–Crippen MR) is 136 cm³/mol. The molecule has 35 heavy (non-hydrogen) atoms. The summed E-state index contributed by atoms with van der Waals surface area (Å²) in [5.41, 5.74) is 0.673. The number of benzene rings is 1. The fourth-order valence-corrected chi connectivity index (χ4v) is 3.97. The standard InChI is InChI=1S/C29H41NO5/c1-29(2)33-22-25-20-24(15-16-26(25)35-29)27-21-30(28(31)34-27)17-9-3-4-10-18-32-19-11-8-14-23-12-6-5-7-13-23/h5-7,12-13,16,20,24,27H,3-4,8-11,14-15,17-19,21-22H2,1-2H3/i1D2,2D3,15D,16D,19D2,20D,22D,24D. The molecular weight excluding hydrogens is 442 g/mol. The third-order valence-corrected chi connectivity index (χ3v) is 5.84. The summed E-state index contributed by atoms with van der Waals surface area (Å²) in [6.07, 6.45) is 0.351. The largest absolute Gasteiger partial charge is 0.463 e. The molecule has 2 saturated heterocycles. The summed E-state index contributed by atoms with van der Waals surface area (Å²) in [6.45, 7) is -8.87. The Bertz CT molecular complexity index is 1330. The van der Waals surface area contributed by atoms with E-state index in [1.165, 1.54) is 4.90 Å². The van der Waals surface area contributed by atoms with E-state index in [9.17, 15) is 4.79 Å². The van der Waals surface area contributed by atoms with Gasteiger partial charge in [-0.1, -0.05) is 49.2 Å². The van der Waals surface area contributed by atoms with Crippen LogP contribution < -0.4 is 0 Å². The fraction of sp³-hybridized carbons (Fsp3) is 0.621. The van der Waals surface area contributed by atoms with Crippen molar-refractivity contribution >= 4 is 6.09 Å². The van der Waals surface area contributed by atoms with Gasteiger partial charge in [0.1, 0.15) is 11.9 Å². The Kier molecular flexibility index (Phi) is 5.19. The van der Waals surface area contributed by atoms with Crippen molar-refractivity contribution in [1.29, 1.82) is 0 Å². The maximum Gasteiger partial charge on any atom is 0.410 e. The van der Waals surface area contributed by atoms with Crippen LogP contribution in [0.2, 0.25) is 0 Å². The number of aryl methyl sites for hydroxylation is 1. The third kappa shape index (κ3) is 7.84. The molecule has 1 aliphatic carbocycles. The van der Waals surface area contributed by atoms with Crippen molar-refractivity contribution < 1.29 is 40.2 Å². The van der Waals surface area contributed by atoms with Gasteiger partial charge in [-0.3, -0.25) is 0 Å². The summed E-state index contributed by atoms with van der Waals surface area (Å²) < 4.78 is 120. The third-order valence-electron chi connectivity index (χ3n) is 5.84. The lowest BCUT2D eigenvalue weighted by molar-refractivity contribution is -0.202. The van der Waals surface area contributed by atoms with Crippen molar-refractivity contribution in [3.8, 4) is 0 Å². The lowest BCUT2D eigenvalue weighted by Crippen LogP contribution is -2.36. The minimum absolute atomic E-state index is 0.159. The molecule has 5 unspecified atom stereocenters. The summed E-state index contributed by atoms with van der Waals surface area (Å²) in [4.78, 5) is 14.0. The van der Waals surface area contributed by atoms with Crippen LogP contribution in [0.4, 0.5) is 4.79 Å². The second kappa shape index (κ2) is 12.6. The van der Waals surface area contributed by atoms with Crippen LogP contribution in [0, 0.1) is 5.89 Å². The molecule has 6 heteroatoms. The molecule has 0 N–H and O–H groups in total. The van der Waals surface area contributed by atoms with Crippen LogP contribution in [0.5, 0.6) is 0 Å². The van der Waals surface area contributed by atoms with Crippen LogP contribution in [-0.2, 0) is 25.4 Å². The van der Waals surface area contributed by atoms with E-state index in [-0.39, 0.29) is 26.1 Å². The van der Waals surface area contributed by atoms with Gasteiger partial charge in [-0.2, -0.15) is 0 Å². The highest BCUT2D eigenvalue weighted by Crippen LogP contribution is 2.36. The van der Waals surface area contributed by atoms with Crippen LogP contribution >= 0.6 is 0 Å². The van der Waals surface area contributed by atoms with Gasteiger partial charge >= 0.3 is 6.09 Å². The monoisotopic (exact) mass is 495 g/mol. The Morgan fingerprint density at radius 2 is 2.14 bits per heavy atom. The zero-order chi connectivity index (χ0) is 34.8. The van der Waals surface area contributed by atoms with E-state index in [0.29, 0.717) is 25.7 Å². The number of fused-ring (bicyclic) bond motifs is 1. The Hall–Kier alpha value is -2.31. The average Bonchev–Trinajstić information content (AvgIpc) is 3.38. The zero-order valence-electron chi connectivity index (χ0n) is 31.8. The van der Waals surface area contributed by atoms with Crippen molar-refractivity contribution in [3.63, 3.8) is 0 Å². The van der Waals surface area contributed by atoms with Crippen molar-refractivity contribution in [2.24, 2.45) is 5.89 Å². The van der Waals surface area contributed by atoms with Gasteiger partial charge in [-0.05, 0) is 50.1 Å². The highest BCUT2D eigenvalue weighted by Gasteiger charge is 2.38. The van der Waals surface area contributed by atoms with E-state index in [1.54, 1.807) is 0 Å². The van der Waals surface area contributed by atoms with Crippen molar-refractivity contribution in [2.45, 2.75) is 77.0 Å². The Balaban J connectivity index is 1.27. The first-order chi connectivity index (χ1) is 21.9. The SMILES string of the molecule is [2H]C1=C2OC(C([2H])[2H])(C([2H])([2H])[2H])OC([2H])C2=C([2H])C([2H])(C2CN(CCCCCCOC([2H])([2H])CCCc3ccccc3)C(=O)O2)C1[2H]. The second-order valence-corrected chi connectivity index (χ2v) is 8.68. The topological polar surface area (TPSA) is 57.2 Å². The maximum absolute atomic E-state index is 12.7. The van der Waals surface area contributed by atoms with E-state index < -0.39 is 80.6 Å². The van der Waals surface area contributed by atoms with E-state index in [0.717, 1.165) is 18.4 Å². The molecule has 1 aromatic carbocycles. The smallest absolute Gasteiger partial charge is 0.410 e. The normalized spacial score (nSPS) is 38.7. The number of cyclic esters (lactones) is 1. The van der Waals surface area contributed by atoms with Gasteiger partial charge < -0.3 is 23.8 Å². The summed E-state index contributed by atoms with van der Waals surface area (Å²) in [5.74, 6) is -5.94. The first-order valence-electron chi connectivity index (χ1n) is 18.4. The fourth-order valence-electron chi connectivity index (χ4n) is 3.97. The number of ether oxygens (including phenoxy) is 4. The average molecular weight is 496 g/mol. The molecule has 0 saturated carbocycles. The Labute approximate surface area is 227 Å². The van der Waals surface area contributed by atoms with Crippen molar-refractivity contribution in [1.82, 2.24) is 4.90 Å². The van der Waals surface area contributed by atoms with E-state index >= 15 is 0 Å². The van der Waals surface area contributed by atoms with Gasteiger partial charge in [-0.15, -0.1) is 0 Å². The van der Waals surface area contributed by atoms with E-state index in [1.807, 2.05) is 30.3 Å². The number of hydrogen-bond acceptors (Lipinski definition) is 5. The summed E-state index contributed by atoms with van der Waals surface area (Å²) >= 11 is 0. The van der Waals surface area contributed by atoms with E-state index in [4.69, 9.17) is 35.4 Å². The van der Waals surface area contributed by atoms with Crippen molar-refractivity contribution in [3.05, 3.63) is 59.3 Å². The van der Waals surface area contributed by atoms with Gasteiger partial charge in [-0.25, -0.2) is 4.79 Å². The zero-order valence-corrected chi connectivity index (χ0v) is 19.8. The number of hydrogen-bond donors (Lipinski definition) is 0. The first kappa shape index (κ1) is 14.4. The molecule has 1 aromatic rings. The summed E-state index contributed by atoms with van der Waals surface area (Å²) in [7, 11) is 0. The second-order valence-electron chi connectivity index (χ2n) is 8.68. The molecule has 6 nitrogen and oxygen atoms in total. The molecule has 1 amide bonds. The lowest BCUT2D eigenvalue weighted by Gasteiger charge is -2.36. The lowest BCUT2D eigenvalue weighted by atomic mass is 9.90. The summed E-state index contributed by atoms with van der Waals surface area (Å²) in [5, 5.41) is 0. The van der Waals surface area contributed by atoms with Crippen LogP contribution in [0.25, 0.3) is 0 Å². The van der Waals surface area contributed by atoms with Gasteiger partial charge in [0.2, 0.25) is 5.79 Å². The highest BCUT2D eigenvalue weighted by atomic mass is 16.7. The molecule has 2 aliphatic heterocycles. The molecule has 0 spiro atoms. The predicted octanol–water partition coefficient (Wildman–Crippen LogP) is 6.02. The number of amides is 1. The number of unbranched alkanes of at least 4 members (excludes halogenated alkanes) is 3. The molecule has 192 valence electrons. The molecule has 2 heterocycles. The number of allylic oxidation sites excluding steroid dienone is 1. The molecule has 5 atom stereocenters. The Morgan fingerprint density at radius 3 is 3.00 bits per heavy atom. The van der Waals surface area contributed by atoms with Crippen LogP contribution in [0.1, 0.15) is 80.7 Å². The van der Waals surface area contributed by atoms with Gasteiger partial charge in [0.05, 0.1) is 20.0 Å². The van der Waals surface area contributed by atoms with Gasteiger partial charge in [0.25, 0.3) is 0 Å². The Morgan fingerprint density at radius 1 is 1.26 bits per heavy atom. The summed E-state index contributed by atoms with van der Waals surface area (Å²) in [6, 6.07) is 8.43. The van der Waals surface area contributed by atoms with Crippen molar-refractivity contribution in [2.75, 3.05) is 32.8 Å². The first-order valence-corrected chi connectivity index (χ1v) is 12.1. The van der Waals surface area contributed by atoms with Crippen LogP contribution in [0.15, 0.2) is 53.8 Å². The number of carbonyl (C=O) groups is 1. The molecule has 0 aromatic heterocycles. The van der Waals surface area contributed by atoms with Gasteiger partial charge in [0.15, 0.2) is 0 Å². The van der Waals surface area contributed by atoms with Gasteiger partial charge in [0, 0.05) is 54.5 Å². The van der Waals surface area contributed by atoms with E-state index in [2.05, 4.69) is 0 Å². The number of nitrogens with zero attached hydrogens (tertiary/aromatic N) is 1. The molecule has 2 fully saturated rings. The highest BCUT2D eigenvalue weighted by molar-refractivity contribution is 5.70. The number of rotatable bonds is 13. The quantitative estimate of drug-likeness (QED) is 0.313. The molecule has 3 aliphatic rings. The van der Waals surface area contributed by atoms with Crippen LogP contribution in [-0.4, -0.2) is 55.7 Å². The minimum atomic E-state index is -3.22. The molecule has 0 radical (unpaired) electrons. The maximum atomic E-state index is 12.7. The minimum Gasteiger partial charge on any atom is -0.463 e. The number of carbonyl (C=O) groups excluding carboxylic acids is 1.